The Labute approximate surface area is 125 Å². The van der Waals surface area contributed by atoms with E-state index in [-0.39, 0.29) is 33.3 Å². The van der Waals surface area contributed by atoms with E-state index in [4.69, 9.17) is 33.7 Å². The molecule has 0 radical (unpaired) electrons. The van der Waals surface area contributed by atoms with E-state index in [1.165, 1.54) is 28.9 Å². The normalized spacial score (nSPS) is 10.8. The molecule has 0 unspecified atom stereocenters. The molecule has 2 rings (SSSR count). The lowest BCUT2D eigenvalue weighted by Crippen LogP contribution is -2.23. The Bertz CT molecular complexity index is 675. The number of nitrogens with two attached hydrogens (primary N) is 1. The van der Waals surface area contributed by atoms with Gasteiger partial charge in [0.05, 0.1) is 16.1 Å². The summed E-state index contributed by atoms with van der Waals surface area (Å²) in [5, 5.41) is 4.66. The van der Waals surface area contributed by atoms with Crippen LogP contribution in [0, 0.1) is 0 Å². The van der Waals surface area contributed by atoms with Gasteiger partial charge in [-0.05, 0) is 26.0 Å². The third-order valence-corrected chi connectivity index (χ3v) is 3.08. The molecule has 0 bridgehead atoms. The summed E-state index contributed by atoms with van der Waals surface area (Å²) in [5.74, 6) is 0.482. The van der Waals surface area contributed by atoms with Crippen molar-refractivity contribution in [3.63, 3.8) is 0 Å². The van der Waals surface area contributed by atoms with Crippen molar-refractivity contribution in [2.75, 3.05) is 5.73 Å². The molecule has 0 saturated carbocycles. The van der Waals surface area contributed by atoms with Crippen LogP contribution in [-0.2, 0) is 0 Å². The second kappa shape index (κ2) is 5.73. The molecular formula is C13H13Cl2N3O2. The summed E-state index contributed by atoms with van der Waals surface area (Å²) in [6.45, 7) is 3.70. The van der Waals surface area contributed by atoms with Crippen molar-refractivity contribution >= 4 is 28.9 Å². The largest absolute Gasteiger partial charge is 0.434 e. The van der Waals surface area contributed by atoms with E-state index < -0.39 is 0 Å². The van der Waals surface area contributed by atoms with E-state index in [0.29, 0.717) is 5.69 Å². The van der Waals surface area contributed by atoms with Gasteiger partial charge >= 0.3 is 0 Å². The molecule has 20 heavy (non-hydrogen) atoms. The summed E-state index contributed by atoms with van der Waals surface area (Å²) in [4.78, 5) is 11.6. The molecule has 1 aromatic heterocycles. The maximum absolute atomic E-state index is 11.6. The molecule has 0 aliphatic rings. The Morgan fingerprint density at radius 3 is 2.40 bits per heavy atom. The molecule has 0 atom stereocenters. The van der Waals surface area contributed by atoms with E-state index in [1.54, 1.807) is 0 Å². The molecule has 7 heteroatoms. The first kappa shape index (κ1) is 14.7. The number of nitrogen functional groups attached to an aromatic ring is 1. The lowest BCUT2D eigenvalue weighted by molar-refractivity contribution is 0.411. The van der Waals surface area contributed by atoms with Crippen LogP contribution in [0.25, 0.3) is 0 Å². The van der Waals surface area contributed by atoms with Crippen LogP contribution >= 0.6 is 23.2 Å². The van der Waals surface area contributed by atoms with Crippen LogP contribution in [-0.4, -0.2) is 9.78 Å². The molecule has 0 aliphatic carbocycles. The van der Waals surface area contributed by atoms with Crippen molar-refractivity contribution in [3.8, 4) is 11.6 Å². The van der Waals surface area contributed by atoms with Crippen molar-refractivity contribution in [2.45, 2.75) is 19.9 Å². The topological polar surface area (TPSA) is 70.1 Å². The second-order valence-electron chi connectivity index (χ2n) is 4.46. The molecule has 1 aromatic carbocycles. The van der Waals surface area contributed by atoms with Crippen molar-refractivity contribution in [1.82, 2.24) is 9.78 Å². The molecule has 0 fully saturated rings. The fourth-order valence-corrected chi connectivity index (χ4v) is 2.19. The van der Waals surface area contributed by atoms with Gasteiger partial charge < -0.3 is 10.5 Å². The summed E-state index contributed by atoms with van der Waals surface area (Å²) < 4.78 is 6.86. The van der Waals surface area contributed by atoms with E-state index >= 15 is 0 Å². The van der Waals surface area contributed by atoms with Crippen LogP contribution in [0.3, 0.4) is 0 Å². The molecular weight excluding hydrogens is 301 g/mol. The highest BCUT2D eigenvalue weighted by molar-refractivity contribution is 6.37. The van der Waals surface area contributed by atoms with Crippen molar-refractivity contribution in [2.24, 2.45) is 0 Å². The minimum absolute atomic E-state index is 0.0802. The van der Waals surface area contributed by atoms with Gasteiger partial charge in [-0.3, -0.25) is 4.79 Å². The third-order valence-electron chi connectivity index (χ3n) is 2.52. The fourth-order valence-electron chi connectivity index (χ4n) is 1.61. The van der Waals surface area contributed by atoms with Crippen LogP contribution in [0.1, 0.15) is 19.9 Å². The lowest BCUT2D eigenvalue weighted by Gasteiger charge is -2.12. The maximum atomic E-state index is 11.6. The standard InChI is InChI=1S/C13H13Cl2N3O2/c1-7(2)18-12(19)4-3-11(17-18)20-13-9(14)5-8(16)6-10(13)15/h3-7H,16H2,1-2H3. The minimum Gasteiger partial charge on any atom is -0.434 e. The lowest BCUT2D eigenvalue weighted by atomic mass is 10.3. The van der Waals surface area contributed by atoms with Crippen LogP contribution < -0.4 is 16.0 Å². The molecule has 5 nitrogen and oxygen atoms in total. The first-order valence-electron chi connectivity index (χ1n) is 5.90. The first-order valence-corrected chi connectivity index (χ1v) is 6.66. The second-order valence-corrected chi connectivity index (χ2v) is 5.28. The van der Waals surface area contributed by atoms with E-state index in [9.17, 15) is 4.79 Å². The van der Waals surface area contributed by atoms with Gasteiger partial charge in [0.25, 0.3) is 5.56 Å². The van der Waals surface area contributed by atoms with Crippen LogP contribution in [0.4, 0.5) is 5.69 Å². The molecule has 0 amide bonds. The van der Waals surface area contributed by atoms with E-state index in [0.717, 1.165) is 0 Å². The Balaban J connectivity index is 2.41. The number of rotatable bonds is 3. The predicted molar refractivity (Wildman–Crippen MR) is 79.8 cm³/mol. The smallest absolute Gasteiger partial charge is 0.267 e. The average Bonchev–Trinajstić information content (AvgIpc) is 2.35. The van der Waals surface area contributed by atoms with Gasteiger partial charge in [-0.1, -0.05) is 23.2 Å². The van der Waals surface area contributed by atoms with Gasteiger partial charge in [-0.15, -0.1) is 5.10 Å². The molecule has 2 N–H and O–H groups in total. The van der Waals surface area contributed by atoms with Crippen LogP contribution in [0.15, 0.2) is 29.1 Å². The zero-order chi connectivity index (χ0) is 14.9. The van der Waals surface area contributed by atoms with Crippen LogP contribution in [0.2, 0.25) is 10.0 Å². The number of aromatic nitrogens is 2. The summed E-state index contributed by atoms with van der Waals surface area (Å²) >= 11 is 12.1. The van der Waals surface area contributed by atoms with Crippen molar-refractivity contribution in [3.05, 3.63) is 44.7 Å². The molecule has 0 saturated heterocycles. The number of hydrogen-bond donors (Lipinski definition) is 1. The average molecular weight is 314 g/mol. The third kappa shape index (κ3) is 3.05. The molecule has 106 valence electrons. The summed E-state index contributed by atoms with van der Waals surface area (Å²) in [6, 6.07) is 5.82. The quantitative estimate of drug-likeness (QED) is 0.880. The number of halogens is 2. The summed E-state index contributed by atoms with van der Waals surface area (Å²) in [7, 11) is 0. The highest BCUT2D eigenvalue weighted by Crippen LogP contribution is 2.37. The SMILES string of the molecule is CC(C)n1nc(Oc2c(Cl)cc(N)cc2Cl)ccc1=O. The van der Waals surface area contributed by atoms with Gasteiger partial charge in [0.2, 0.25) is 5.88 Å². The zero-order valence-electron chi connectivity index (χ0n) is 10.9. The van der Waals surface area contributed by atoms with E-state index in [1.807, 2.05) is 13.8 Å². The molecule has 1 heterocycles. The van der Waals surface area contributed by atoms with Gasteiger partial charge in [-0.2, -0.15) is 0 Å². The summed E-state index contributed by atoms with van der Waals surface area (Å²) in [6.07, 6.45) is 0. The van der Waals surface area contributed by atoms with Crippen molar-refractivity contribution in [1.29, 1.82) is 0 Å². The van der Waals surface area contributed by atoms with Gasteiger partial charge in [0, 0.05) is 17.8 Å². The molecule has 0 aliphatic heterocycles. The Morgan fingerprint density at radius 1 is 1.25 bits per heavy atom. The highest BCUT2D eigenvalue weighted by atomic mass is 35.5. The first-order chi connectivity index (χ1) is 9.38. The Hall–Kier alpha value is -1.72. The van der Waals surface area contributed by atoms with Gasteiger partial charge in [0.1, 0.15) is 0 Å². The van der Waals surface area contributed by atoms with Crippen molar-refractivity contribution < 1.29 is 4.74 Å². The number of ether oxygens (including phenoxy) is 1. The predicted octanol–water partition coefficient (Wildman–Crippen LogP) is 3.51. The number of benzene rings is 1. The number of nitrogens with zero attached hydrogens (tertiary/aromatic N) is 2. The van der Waals surface area contributed by atoms with Gasteiger partial charge in [-0.25, -0.2) is 4.68 Å². The summed E-state index contributed by atoms with van der Waals surface area (Å²) in [5.41, 5.74) is 5.85. The highest BCUT2D eigenvalue weighted by Gasteiger charge is 2.12. The Kier molecular flexibility index (Phi) is 4.20. The Morgan fingerprint density at radius 2 is 1.85 bits per heavy atom. The number of hydrogen-bond acceptors (Lipinski definition) is 4. The van der Waals surface area contributed by atoms with Gasteiger partial charge in [0.15, 0.2) is 5.75 Å². The molecule has 2 aromatic rings. The van der Waals surface area contributed by atoms with Crippen LogP contribution in [0.5, 0.6) is 11.6 Å². The maximum Gasteiger partial charge on any atom is 0.267 e. The monoisotopic (exact) mass is 313 g/mol. The number of anilines is 1. The molecule has 0 spiro atoms. The van der Waals surface area contributed by atoms with E-state index in [2.05, 4.69) is 5.10 Å². The minimum atomic E-state index is -0.207. The zero-order valence-corrected chi connectivity index (χ0v) is 12.4. The fraction of sp³-hybridized carbons (Fsp3) is 0.231.